The molecule has 3 unspecified atom stereocenters. The van der Waals surface area contributed by atoms with Crippen LogP contribution >= 0.6 is 0 Å². The van der Waals surface area contributed by atoms with E-state index >= 15 is 0 Å². The zero-order valence-corrected chi connectivity index (χ0v) is 21.3. The highest BCUT2D eigenvalue weighted by molar-refractivity contribution is 6.13. The van der Waals surface area contributed by atoms with Gasteiger partial charge in [-0.1, -0.05) is 54.1 Å². The van der Waals surface area contributed by atoms with Crippen molar-refractivity contribution in [3.05, 3.63) is 89.5 Å². The molecular formula is C31H32N2O3. The van der Waals surface area contributed by atoms with Gasteiger partial charge in [-0.3, -0.25) is 14.6 Å². The first-order chi connectivity index (χ1) is 17.3. The Bertz CT molecular complexity index is 1310. The van der Waals surface area contributed by atoms with Crippen molar-refractivity contribution in [2.24, 2.45) is 10.9 Å². The Labute approximate surface area is 212 Å². The second-order valence-corrected chi connectivity index (χ2v) is 10.1. The van der Waals surface area contributed by atoms with Gasteiger partial charge in [0.15, 0.2) is 0 Å². The number of amides is 1. The minimum absolute atomic E-state index is 0.0618. The van der Waals surface area contributed by atoms with E-state index in [9.17, 15) is 9.59 Å². The number of benzene rings is 3. The molecule has 1 fully saturated rings. The number of Topliss-reactive ketones (excluding diaryl/α,β-unsaturated/α-hetero) is 1. The van der Waals surface area contributed by atoms with Gasteiger partial charge in [-0.15, -0.1) is 0 Å². The van der Waals surface area contributed by atoms with E-state index in [0.29, 0.717) is 12.8 Å². The summed E-state index contributed by atoms with van der Waals surface area (Å²) in [4.78, 5) is 33.9. The van der Waals surface area contributed by atoms with Crippen LogP contribution in [0, 0.1) is 12.8 Å². The maximum Gasteiger partial charge on any atom is 0.224 e. The first kappa shape index (κ1) is 24.0. The van der Waals surface area contributed by atoms with Gasteiger partial charge in [-0.2, -0.15) is 0 Å². The SMILES string of the molecule is CC(=O)N1c2ccccc2N=C2CC(c3ccc(C)cc3)CC(=O)C2C1c1ccc(OC(C)C)cc1. The Morgan fingerprint density at radius 3 is 2.28 bits per heavy atom. The molecule has 1 saturated carbocycles. The number of carbonyl (C=O) groups is 2. The molecular weight excluding hydrogens is 448 g/mol. The van der Waals surface area contributed by atoms with Gasteiger partial charge in [-0.25, -0.2) is 0 Å². The van der Waals surface area contributed by atoms with Crippen LogP contribution in [-0.4, -0.2) is 23.5 Å². The highest BCUT2D eigenvalue weighted by atomic mass is 16.5. The van der Waals surface area contributed by atoms with Crippen LogP contribution in [0.3, 0.4) is 0 Å². The first-order valence-electron chi connectivity index (χ1n) is 12.6. The van der Waals surface area contributed by atoms with Crippen molar-refractivity contribution in [3.63, 3.8) is 0 Å². The van der Waals surface area contributed by atoms with Gasteiger partial charge in [0.05, 0.1) is 29.4 Å². The van der Waals surface area contributed by atoms with E-state index in [4.69, 9.17) is 9.73 Å². The third kappa shape index (κ3) is 4.58. The van der Waals surface area contributed by atoms with E-state index in [0.717, 1.165) is 34.0 Å². The lowest BCUT2D eigenvalue weighted by molar-refractivity contribution is -0.123. The molecule has 0 radical (unpaired) electrons. The quantitative estimate of drug-likeness (QED) is 0.416. The van der Waals surface area contributed by atoms with Crippen LogP contribution in [0.25, 0.3) is 0 Å². The number of carbonyl (C=O) groups excluding carboxylic acids is 2. The van der Waals surface area contributed by atoms with Crippen LogP contribution in [0.5, 0.6) is 5.75 Å². The number of fused-ring (bicyclic) bond motifs is 2. The zero-order valence-electron chi connectivity index (χ0n) is 21.3. The number of aryl methyl sites for hydroxylation is 1. The summed E-state index contributed by atoms with van der Waals surface area (Å²) in [6, 6.07) is 23.4. The van der Waals surface area contributed by atoms with Gasteiger partial charge in [0.1, 0.15) is 11.5 Å². The van der Waals surface area contributed by atoms with E-state index in [1.54, 1.807) is 11.8 Å². The van der Waals surface area contributed by atoms with Gasteiger partial charge < -0.3 is 9.64 Å². The van der Waals surface area contributed by atoms with Crippen molar-refractivity contribution in [2.75, 3.05) is 4.90 Å². The van der Waals surface area contributed by atoms with Crippen molar-refractivity contribution in [1.82, 2.24) is 0 Å². The summed E-state index contributed by atoms with van der Waals surface area (Å²) in [7, 11) is 0. The molecule has 1 heterocycles. The molecule has 2 aliphatic rings. The number of aliphatic imine (C=N–C) groups is 1. The third-order valence-electron chi connectivity index (χ3n) is 7.09. The lowest BCUT2D eigenvalue weighted by atomic mass is 9.72. The molecule has 0 N–H and O–H groups in total. The molecule has 3 aromatic carbocycles. The smallest absolute Gasteiger partial charge is 0.224 e. The third-order valence-corrected chi connectivity index (χ3v) is 7.09. The maximum absolute atomic E-state index is 13.9. The summed E-state index contributed by atoms with van der Waals surface area (Å²) in [6.07, 6.45) is 1.18. The average molecular weight is 481 g/mol. The van der Waals surface area contributed by atoms with Crippen molar-refractivity contribution >= 4 is 28.8 Å². The van der Waals surface area contributed by atoms with E-state index in [-0.39, 0.29) is 23.7 Å². The van der Waals surface area contributed by atoms with Gasteiger partial charge in [0.25, 0.3) is 0 Å². The number of rotatable bonds is 4. The predicted molar refractivity (Wildman–Crippen MR) is 143 cm³/mol. The molecule has 1 aliphatic heterocycles. The Morgan fingerprint density at radius 1 is 0.944 bits per heavy atom. The number of nitrogens with zero attached hydrogens (tertiary/aromatic N) is 2. The fraction of sp³-hybridized carbons (Fsp3) is 0.323. The number of anilines is 1. The number of hydrogen-bond donors (Lipinski definition) is 0. The highest BCUT2D eigenvalue weighted by Gasteiger charge is 2.45. The summed E-state index contributed by atoms with van der Waals surface area (Å²) < 4.78 is 5.84. The van der Waals surface area contributed by atoms with Crippen LogP contribution in [0.4, 0.5) is 11.4 Å². The number of hydrogen-bond acceptors (Lipinski definition) is 4. The van der Waals surface area contributed by atoms with Crippen LogP contribution in [-0.2, 0) is 9.59 Å². The first-order valence-corrected chi connectivity index (χ1v) is 12.6. The summed E-state index contributed by atoms with van der Waals surface area (Å²) in [5.74, 6) is 0.351. The van der Waals surface area contributed by atoms with Gasteiger partial charge >= 0.3 is 0 Å². The molecule has 3 aromatic rings. The van der Waals surface area contributed by atoms with E-state index < -0.39 is 12.0 Å². The van der Waals surface area contributed by atoms with Crippen LogP contribution in [0.15, 0.2) is 77.8 Å². The molecule has 5 nitrogen and oxygen atoms in total. The van der Waals surface area contributed by atoms with Gasteiger partial charge in [0.2, 0.25) is 5.91 Å². The number of ether oxygens (including phenoxy) is 1. The van der Waals surface area contributed by atoms with Crippen LogP contribution in [0.1, 0.15) is 62.3 Å². The topological polar surface area (TPSA) is 59.0 Å². The summed E-state index contributed by atoms with van der Waals surface area (Å²) in [5.41, 5.74) is 5.56. The van der Waals surface area contributed by atoms with Crippen molar-refractivity contribution in [3.8, 4) is 5.75 Å². The summed E-state index contributed by atoms with van der Waals surface area (Å²) >= 11 is 0. The Morgan fingerprint density at radius 2 is 1.61 bits per heavy atom. The number of para-hydroxylation sites is 2. The van der Waals surface area contributed by atoms with Crippen LogP contribution < -0.4 is 9.64 Å². The fourth-order valence-corrected chi connectivity index (χ4v) is 5.49. The highest BCUT2D eigenvalue weighted by Crippen LogP contribution is 2.47. The molecule has 1 aliphatic carbocycles. The molecule has 0 saturated heterocycles. The van der Waals surface area contributed by atoms with E-state index in [1.807, 2.05) is 62.4 Å². The van der Waals surface area contributed by atoms with Gasteiger partial charge in [0, 0.05) is 19.1 Å². The molecule has 3 atom stereocenters. The standard InChI is InChI=1S/C31H32N2O3/c1-19(2)36-25-15-13-23(14-16-25)31-30-27(32-26-7-5-6-8-28(26)33(31)21(4)34)17-24(18-29(30)35)22-11-9-20(3)10-12-22/h5-16,19,24,30-31H,17-18H2,1-4H3. The fourth-order valence-electron chi connectivity index (χ4n) is 5.49. The molecule has 0 aromatic heterocycles. The van der Waals surface area contributed by atoms with Crippen LogP contribution in [0.2, 0.25) is 0 Å². The molecule has 5 heteroatoms. The monoisotopic (exact) mass is 480 g/mol. The lowest BCUT2D eigenvalue weighted by Gasteiger charge is -2.38. The van der Waals surface area contributed by atoms with Crippen molar-refractivity contribution < 1.29 is 14.3 Å². The maximum atomic E-state index is 13.9. The van der Waals surface area contributed by atoms with Gasteiger partial charge in [-0.05, 0) is 68.5 Å². The van der Waals surface area contributed by atoms with Crippen molar-refractivity contribution in [2.45, 2.75) is 58.6 Å². The summed E-state index contributed by atoms with van der Waals surface area (Å²) in [5, 5.41) is 0. The van der Waals surface area contributed by atoms with Crippen molar-refractivity contribution in [1.29, 1.82) is 0 Å². The average Bonchev–Trinajstić information content (AvgIpc) is 2.99. The normalized spacial score (nSPS) is 21.4. The molecule has 0 spiro atoms. The molecule has 1 amide bonds. The summed E-state index contributed by atoms with van der Waals surface area (Å²) in [6.45, 7) is 7.60. The predicted octanol–water partition coefficient (Wildman–Crippen LogP) is 6.73. The Hall–Kier alpha value is -3.73. The molecule has 36 heavy (non-hydrogen) atoms. The second-order valence-electron chi connectivity index (χ2n) is 10.1. The lowest BCUT2D eigenvalue weighted by Crippen LogP contribution is -2.45. The second kappa shape index (κ2) is 9.73. The minimum Gasteiger partial charge on any atom is -0.491 e. The Balaban J connectivity index is 1.62. The molecule has 0 bridgehead atoms. The van der Waals surface area contributed by atoms with E-state index in [1.165, 1.54) is 5.56 Å². The Kier molecular flexibility index (Phi) is 6.48. The number of ketones is 1. The minimum atomic E-state index is -0.500. The van der Waals surface area contributed by atoms with E-state index in [2.05, 4.69) is 31.2 Å². The zero-order chi connectivity index (χ0) is 25.4. The largest absolute Gasteiger partial charge is 0.491 e. The molecule has 184 valence electrons. The molecule has 5 rings (SSSR count).